The van der Waals surface area contributed by atoms with E-state index in [1.807, 2.05) is 0 Å². The molecule has 2 rings (SSSR count). The molecule has 25 heavy (non-hydrogen) atoms. The average molecular weight is 366 g/mol. The Bertz CT molecular complexity index is 718. The zero-order valence-corrected chi connectivity index (χ0v) is 14.9. The molecule has 7 nitrogen and oxygen atoms in total. The molecule has 8 heteroatoms. The lowest BCUT2D eigenvalue weighted by Crippen LogP contribution is -2.36. The van der Waals surface area contributed by atoms with E-state index in [0.29, 0.717) is 5.56 Å². The number of fused-ring (bicyclic) bond motifs is 1. The summed E-state index contributed by atoms with van der Waals surface area (Å²) < 4.78 is 0. The van der Waals surface area contributed by atoms with Gasteiger partial charge in [-0.3, -0.25) is 24.1 Å². The average Bonchev–Trinajstić information content (AvgIpc) is 2.82. The Hall–Kier alpha value is -2.41. The summed E-state index contributed by atoms with van der Waals surface area (Å²) in [4.78, 5) is 49.1. The second-order valence-electron chi connectivity index (χ2n) is 5.88. The topological polar surface area (TPSA) is 95.6 Å². The molecule has 0 saturated heterocycles. The van der Waals surface area contributed by atoms with Crippen LogP contribution in [0.5, 0.6) is 0 Å². The van der Waals surface area contributed by atoms with Gasteiger partial charge in [-0.05, 0) is 32.0 Å². The minimum Gasteiger partial charge on any atom is -0.354 e. The van der Waals surface area contributed by atoms with Gasteiger partial charge in [0.15, 0.2) is 0 Å². The van der Waals surface area contributed by atoms with Crippen molar-refractivity contribution in [3.05, 3.63) is 34.9 Å². The number of nitrogens with one attached hydrogen (secondary N) is 2. The van der Waals surface area contributed by atoms with Crippen LogP contribution in [0.25, 0.3) is 0 Å². The van der Waals surface area contributed by atoms with Crippen LogP contribution in [0.15, 0.2) is 18.2 Å². The first-order valence-corrected chi connectivity index (χ1v) is 8.53. The smallest absolute Gasteiger partial charge is 0.261 e. The number of hydrogen-bond donors (Lipinski definition) is 2. The highest BCUT2D eigenvalue weighted by molar-refractivity contribution is 6.22. The van der Waals surface area contributed by atoms with Crippen LogP contribution in [0.4, 0.5) is 0 Å². The van der Waals surface area contributed by atoms with E-state index in [4.69, 9.17) is 11.6 Å². The molecule has 0 aliphatic carbocycles. The van der Waals surface area contributed by atoms with Crippen molar-refractivity contribution in [2.75, 3.05) is 19.0 Å². The Morgan fingerprint density at radius 2 is 1.72 bits per heavy atom. The zero-order chi connectivity index (χ0) is 18.6. The fourth-order valence-corrected chi connectivity index (χ4v) is 2.70. The lowest BCUT2D eigenvalue weighted by atomic mass is 10.1. The van der Waals surface area contributed by atoms with Gasteiger partial charge in [0.25, 0.3) is 17.7 Å². The van der Waals surface area contributed by atoms with E-state index >= 15 is 0 Å². The van der Waals surface area contributed by atoms with Crippen LogP contribution in [0.2, 0.25) is 0 Å². The van der Waals surface area contributed by atoms with Gasteiger partial charge in [0.2, 0.25) is 5.91 Å². The van der Waals surface area contributed by atoms with E-state index in [1.54, 1.807) is 13.8 Å². The Kier molecular flexibility index (Phi) is 6.14. The molecule has 0 saturated carbocycles. The molecular weight excluding hydrogens is 346 g/mol. The van der Waals surface area contributed by atoms with Gasteiger partial charge in [-0.25, -0.2) is 0 Å². The molecule has 0 fully saturated rings. The molecular formula is C17H20ClN3O4. The van der Waals surface area contributed by atoms with Crippen LogP contribution in [0, 0.1) is 0 Å². The largest absolute Gasteiger partial charge is 0.354 e. The number of imide groups is 1. The number of amides is 4. The van der Waals surface area contributed by atoms with Gasteiger partial charge in [-0.1, -0.05) is 0 Å². The molecule has 1 aromatic carbocycles. The van der Waals surface area contributed by atoms with E-state index in [-0.39, 0.29) is 60.3 Å². The highest BCUT2D eigenvalue weighted by atomic mass is 35.5. The predicted octanol–water partition coefficient (Wildman–Crippen LogP) is 1.17. The number of halogens is 1. The van der Waals surface area contributed by atoms with Gasteiger partial charge in [-0.2, -0.15) is 0 Å². The molecule has 0 atom stereocenters. The number of benzene rings is 1. The maximum Gasteiger partial charge on any atom is 0.261 e. The van der Waals surface area contributed by atoms with Crippen molar-refractivity contribution >= 4 is 35.2 Å². The molecule has 2 N–H and O–H groups in total. The Labute approximate surface area is 150 Å². The van der Waals surface area contributed by atoms with E-state index in [0.717, 1.165) is 0 Å². The van der Waals surface area contributed by atoms with Crippen molar-refractivity contribution in [1.29, 1.82) is 0 Å². The minimum atomic E-state index is -0.391. The van der Waals surface area contributed by atoms with Gasteiger partial charge in [-0.15, -0.1) is 11.6 Å². The molecule has 0 radical (unpaired) electrons. The second-order valence-corrected chi connectivity index (χ2v) is 6.26. The fourth-order valence-electron chi connectivity index (χ4n) is 2.52. The number of nitrogens with zero attached hydrogens (tertiary/aromatic N) is 1. The first kappa shape index (κ1) is 18.9. The fraction of sp³-hybridized carbons (Fsp3) is 0.412. The summed E-state index contributed by atoms with van der Waals surface area (Å²) >= 11 is 5.45. The summed E-state index contributed by atoms with van der Waals surface area (Å²) in [5, 5.41) is 5.27. The van der Waals surface area contributed by atoms with Crippen LogP contribution in [-0.2, 0) is 4.79 Å². The number of alkyl halides is 1. The molecule has 1 aliphatic heterocycles. The van der Waals surface area contributed by atoms with Gasteiger partial charge in [0.1, 0.15) is 0 Å². The predicted molar refractivity (Wildman–Crippen MR) is 92.8 cm³/mol. The van der Waals surface area contributed by atoms with E-state index in [1.165, 1.54) is 23.1 Å². The molecule has 1 aromatic rings. The summed E-state index contributed by atoms with van der Waals surface area (Å²) in [5.74, 6) is -1.05. The maximum atomic E-state index is 12.3. The Morgan fingerprint density at radius 1 is 1.08 bits per heavy atom. The lowest BCUT2D eigenvalue weighted by Gasteiger charge is -2.17. The monoisotopic (exact) mass is 365 g/mol. The summed E-state index contributed by atoms with van der Waals surface area (Å²) in [7, 11) is 0. The third kappa shape index (κ3) is 4.17. The number of carbonyl (C=O) groups is 4. The second kappa shape index (κ2) is 8.11. The summed E-state index contributed by atoms with van der Waals surface area (Å²) in [6, 6.07) is 4.19. The van der Waals surface area contributed by atoms with Gasteiger partial charge >= 0.3 is 0 Å². The first-order valence-electron chi connectivity index (χ1n) is 7.99. The number of carbonyl (C=O) groups excluding carboxylic acids is 4. The van der Waals surface area contributed by atoms with Crippen LogP contribution >= 0.6 is 11.6 Å². The maximum absolute atomic E-state index is 12.3. The molecule has 0 spiro atoms. The van der Waals surface area contributed by atoms with Crippen molar-refractivity contribution in [3.63, 3.8) is 0 Å². The lowest BCUT2D eigenvalue weighted by molar-refractivity contribution is -0.120. The molecule has 1 aliphatic rings. The van der Waals surface area contributed by atoms with Crippen LogP contribution < -0.4 is 10.6 Å². The van der Waals surface area contributed by atoms with Crippen molar-refractivity contribution in [1.82, 2.24) is 15.5 Å². The Balaban J connectivity index is 1.99. The highest BCUT2D eigenvalue weighted by Gasteiger charge is 2.37. The quantitative estimate of drug-likeness (QED) is 0.430. The molecule has 0 unspecified atom stereocenters. The summed E-state index contributed by atoms with van der Waals surface area (Å²) in [6.07, 6.45) is 0.225. The standard InChI is InChI=1S/C17H20ClN3O4/c1-10(2)21-16(24)12-4-3-11(9-13(12)17(21)25)15(23)20-8-7-19-14(22)5-6-18/h3-4,9-10H,5-8H2,1-2H3,(H,19,22)(H,20,23). The normalized spacial score (nSPS) is 13.2. The number of hydrogen-bond acceptors (Lipinski definition) is 4. The zero-order valence-electron chi connectivity index (χ0n) is 14.1. The molecule has 0 bridgehead atoms. The third-order valence-electron chi connectivity index (χ3n) is 3.75. The summed E-state index contributed by atoms with van der Waals surface area (Å²) in [6.45, 7) is 4.04. The first-order chi connectivity index (χ1) is 11.9. The van der Waals surface area contributed by atoms with Gasteiger partial charge < -0.3 is 10.6 Å². The van der Waals surface area contributed by atoms with Crippen molar-refractivity contribution < 1.29 is 19.2 Å². The molecule has 4 amide bonds. The Morgan fingerprint density at radius 3 is 2.36 bits per heavy atom. The molecule has 1 heterocycles. The van der Waals surface area contributed by atoms with Crippen LogP contribution in [0.3, 0.4) is 0 Å². The number of rotatable bonds is 7. The molecule has 134 valence electrons. The SMILES string of the molecule is CC(C)N1C(=O)c2ccc(C(=O)NCCNC(=O)CCCl)cc2C1=O. The third-order valence-corrected chi connectivity index (χ3v) is 3.94. The minimum absolute atomic E-state index is 0.181. The van der Waals surface area contributed by atoms with Crippen molar-refractivity contribution in [3.8, 4) is 0 Å². The van der Waals surface area contributed by atoms with E-state index < -0.39 is 5.91 Å². The van der Waals surface area contributed by atoms with Crippen molar-refractivity contribution in [2.24, 2.45) is 0 Å². The summed E-state index contributed by atoms with van der Waals surface area (Å²) in [5.41, 5.74) is 0.836. The van der Waals surface area contributed by atoms with E-state index in [2.05, 4.69) is 10.6 Å². The van der Waals surface area contributed by atoms with Crippen LogP contribution in [0.1, 0.15) is 51.3 Å². The molecule has 0 aromatic heterocycles. The highest BCUT2D eigenvalue weighted by Crippen LogP contribution is 2.25. The van der Waals surface area contributed by atoms with E-state index in [9.17, 15) is 19.2 Å². The van der Waals surface area contributed by atoms with Gasteiger partial charge in [0, 0.05) is 37.0 Å². The van der Waals surface area contributed by atoms with Crippen molar-refractivity contribution in [2.45, 2.75) is 26.3 Å². The van der Waals surface area contributed by atoms with Gasteiger partial charge in [0.05, 0.1) is 11.1 Å². The van der Waals surface area contributed by atoms with Crippen LogP contribution in [-0.4, -0.2) is 53.5 Å².